The number of rotatable bonds is 8. The molecule has 1 amide bonds. The van der Waals surface area contributed by atoms with Crippen LogP contribution in [-0.4, -0.2) is 42.1 Å². The smallest absolute Gasteiger partial charge is 0.266 e. The number of nitrogens with zero attached hydrogens (tertiary/aromatic N) is 2. The lowest BCUT2D eigenvalue weighted by Gasteiger charge is -2.19. The maximum Gasteiger partial charge on any atom is 0.266 e. The molecule has 0 aromatic carbocycles. The molecule has 1 heterocycles. The predicted molar refractivity (Wildman–Crippen MR) is 73.3 cm³/mol. The van der Waals surface area contributed by atoms with Crippen molar-refractivity contribution in [3.63, 3.8) is 0 Å². The summed E-state index contributed by atoms with van der Waals surface area (Å²) in [6.07, 6.45) is 1.54. The maximum absolute atomic E-state index is 11.3. The zero-order valence-corrected chi connectivity index (χ0v) is 11.6. The van der Waals surface area contributed by atoms with Crippen LogP contribution >= 0.6 is 0 Å². The first-order valence-corrected chi connectivity index (χ1v) is 6.47. The normalized spacial score (nSPS) is 10.7. The van der Waals surface area contributed by atoms with Crippen LogP contribution in [0.5, 0.6) is 0 Å². The first-order chi connectivity index (χ1) is 9.21. The lowest BCUT2D eigenvalue weighted by molar-refractivity contribution is 0.0953. The van der Waals surface area contributed by atoms with Gasteiger partial charge in [0.2, 0.25) is 0 Å². The molecule has 0 fully saturated rings. The van der Waals surface area contributed by atoms with Crippen LogP contribution in [0.2, 0.25) is 0 Å². The topological polar surface area (TPSA) is 80.5 Å². The quantitative estimate of drug-likeness (QED) is 0.311. The van der Waals surface area contributed by atoms with Gasteiger partial charge in [-0.05, 0) is 25.6 Å². The van der Waals surface area contributed by atoms with Gasteiger partial charge < -0.3 is 4.74 Å². The van der Waals surface area contributed by atoms with Crippen LogP contribution in [0.4, 0.5) is 0 Å². The van der Waals surface area contributed by atoms with Crippen LogP contribution in [0, 0.1) is 0 Å². The van der Waals surface area contributed by atoms with E-state index in [4.69, 9.17) is 10.6 Å². The highest BCUT2D eigenvalue weighted by Crippen LogP contribution is 2.04. The summed E-state index contributed by atoms with van der Waals surface area (Å²) in [5.41, 5.74) is 3.47. The average molecular weight is 266 g/mol. The van der Waals surface area contributed by atoms with Gasteiger partial charge in [-0.25, -0.2) is 5.84 Å². The van der Waals surface area contributed by atoms with Gasteiger partial charge in [0, 0.05) is 25.9 Å². The summed E-state index contributed by atoms with van der Waals surface area (Å²) in [4.78, 5) is 17.8. The first kappa shape index (κ1) is 15.6. The van der Waals surface area contributed by atoms with E-state index in [1.54, 1.807) is 6.07 Å². The molecule has 19 heavy (non-hydrogen) atoms. The van der Waals surface area contributed by atoms with Gasteiger partial charge in [0.15, 0.2) is 0 Å². The summed E-state index contributed by atoms with van der Waals surface area (Å²) in [5.74, 6) is 4.73. The Morgan fingerprint density at radius 1 is 1.47 bits per heavy atom. The summed E-state index contributed by atoms with van der Waals surface area (Å²) >= 11 is 0. The first-order valence-electron chi connectivity index (χ1n) is 6.47. The van der Waals surface area contributed by atoms with E-state index in [1.165, 1.54) is 6.20 Å². The number of nitrogens with two attached hydrogens (primary N) is 1. The lowest BCUT2D eigenvalue weighted by Crippen LogP contribution is -2.30. The highest BCUT2D eigenvalue weighted by Gasteiger charge is 2.07. The molecule has 3 N–H and O–H groups in total. The van der Waals surface area contributed by atoms with E-state index in [0.717, 1.165) is 38.5 Å². The monoisotopic (exact) mass is 266 g/mol. The Balaban J connectivity index is 2.53. The largest absolute Gasteiger partial charge is 0.380 e. The number of nitrogen functional groups attached to an aromatic ring is 1. The second-order valence-electron chi connectivity index (χ2n) is 4.08. The fourth-order valence-corrected chi connectivity index (χ4v) is 1.65. The minimum absolute atomic E-state index is 0.331. The van der Waals surface area contributed by atoms with Crippen molar-refractivity contribution in [3.8, 4) is 0 Å². The maximum atomic E-state index is 11.3. The highest BCUT2D eigenvalue weighted by atomic mass is 16.5. The summed E-state index contributed by atoms with van der Waals surface area (Å²) in [5, 5.41) is 0. The van der Waals surface area contributed by atoms with Crippen molar-refractivity contribution in [3.05, 3.63) is 29.6 Å². The summed E-state index contributed by atoms with van der Waals surface area (Å²) in [6.45, 7) is 8.09. The molecular formula is C13H22N4O2. The molecule has 0 aliphatic heterocycles. The summed E-state index contributed by atoms with van der Waals surface area (Å²) in [6, 6.07) is 3.56. The number of hydrogen-bond donors (Lipinski definition) is 2. The van der Waals surface area contributed by atoms with Gasteiger partial charge in [0.05, 0.1) is 17.9 Å². The molecule has 6 nitrogen and oxygen atoms in total. The van der Waals surface area contributed by atoms with Gasteiger partial charge in [-0.3, -0.25) is 20.1 Å². The molecule has 0 saturated heterocycles. The number of hydrazine groups is 1. The minimum Gasteiger partial charge on any atom is -0.380 e. The van der Waals surface area contributed by atoms with Crippen molar-refractivity contribution >= 4 is 5.91 Å². The van der Waals surface area contributed by atoms with Crippen LogP contribution < -0.4 is 11.3 Å². The zero-order chi connectivity index (χ0) is 14.1. The molecule has 1 rings (SSSR count). The van der Waals surface area contributed by atoms with E-state index in [2.05, 4.69) is 22.2 Å². The number of carbonyl (C=O) groups is 1. The molecule has 1 aromatic heterocycles. The third-order valence-corrected chi connectivity index (χ3v) is 2.81. The van der Waals surface area contributed by atoms with Gasteiger partial charge >= 0.3 is 0 Å². The van der Waals surface area contributed by atoms with E-state index >= 15 is 0 Å². The van der Waals surface area contributed by atoms with Crippen molar-refractivity contribution in [2.45, 2.75) is 20.4 Å². The summed E-state index contributed by atoms with van der Waals surface area (Å²) in [7, 11) is 0. The molecule has 0 unspecified atom stereocenters. The Morgan fingerprint density at radius 2 is 2.26 bits per heavy atom. The van der Waals surface area contributed by atoms with Crippen LogP contribution in [0.1, 0.15) is 29.9 Å². The number of carbonyl (C=O) groups excluding carboxylic acids is 1. The molecule has 0 radical (unpaired) electrons. The van der Waals surface area contributed by atoms with Crippen molar-refractivity contribution in [1.82, 2.24) is 15.3 Å². The average Bonchev–Trinajstić information content (AvgIpc) is 2.46. The Morgan fingerprint density at radius 3 is 2.79 bits per heavy atom. The standard InChI is InChI=1S/C13H22N4O2/c1-3-17(7-8-19-4-2)10-12-6-5-11(9-15-12)13(18)16-14/h5-6,9H,3-4,7-8,10,14H2,1-2H3,(H,16,18). The van der Waals surface area contributed by atoms with Crippen LogP contribution in [-0.2, 0) is 11.3 Å². The predicted octanol–water partition coefficient (Wildman–Crippen LogP) is 0.544. The molecule has 1 aromatic rings. The van der Waals surface area contributed by atoms with Gasteiger partial charge in [0.25, 0.3) is 5.91 Å². The Kier molecular flexibility index (Phi) is 7.02. The van der Waals surface area contributed by atoms with Crippen molar-refractivity contribution in [2.75, 3.05) is 26.3 Å². The molecule has 106 valence electrons. The van der Waals surface area contributed by atoms with Crippen molar-refractivity contribution < 1.29 is 9.53 Å². The second-order valence-corrected chi connectivity index (χ2v) is 4.08. The molecule has 0 saturated carbocycles. The molecule has 0 aliphatic carbocycles. The van der Waals surface area contributed by atoms with E-state index < -0.39 is 0 Å². The second kappa shape index (κ2) is 8.58. The molecule has 0 spiro atoms. The third kappa shape index (κ3) is 5.34. The Labute approximate surface area is 113 Å². The van der Waals surface area contributed by atoms with Crippen LogP contribution in [0.3, 0.4) is 0 Å². The fourth-order valence-electron chi connectivity index (χ4n) is 1.65. The van der Waals surface area contributed by atoms with E-state index in [1.807, 2.05) is 13.0 Å². The molecule has 0 aliphatic rings. The minimum atomic E-state index is -0.331. The third-order valence-electron chi connectivity index (χ3n) is 2.81. The van der Waals surface area contributed by atoms with Gasteiger partial charge in [-0.15, -0.1) is 0 Å². The molecular weight excluding hydrogens is 244 g/mol. The van der Waals surface area contributed by atoms with Crippen molar-refractivity contribution in [1.29, 1.82) is 0 Å². The van der Waals surface area contributed by atoms with Crippen molar-refractivity contribution in [2.24, 2.45) is 5.84 Å². The molecule has 6 heteroatoms. The lowest BCUT2D eigenvalue weighted by atomic mass is 10.2. The number of ether oxygens (including phenoxy) is 1. The molecule has 0 atom stereocenters. The fraction of sp³-hybridized carbons (Fsp3) is 0.538. The van der Waals surface area contributed by atoms with E-state index in [0.29, 0.717) is 5.56 Å². The van der Waals surface area contributed by atoms with E-state index in [-0.39, 0.29) is 5.91 Å². The SMILES string of the molecule is CCOCCN(CC)Cc1ccc(C(=O)NN)cn1. The number of hydrogen-bond acceptors (Lipinski definition) is 5. The number of pyridine rings is 1. The van der Waals surface area contributed by atoms with Gasteiger partial charge in [0.1, 0.15) is 0 Å². The van der Waals surface area contributed by atoms with E-state index in [9.17, 15) is 4.79 Å². The van der Waals surface area contributed by atoms with Crippen LogP contribution in [0.15, 0.2) is 18.3 Å². The van der Waals surface area contributed by atoms with Crippen LogP contribution in [0.25, 0.3) is 0 Å². The number of nitrogens with one attached hydrogen (secondary N) is 1. The Hall–Kier alpha value is -1.50. The zero-order valence-electron chi connectivity index (χ0n) is 11.6. The number of likely N-dealkylation sites (N-methyl/N-ethyl adjacent to an activating group) is 1. The Bertz CT molecular complexity index is 381. The summed E-state index contributed by atoms with van der Waals surface area (Å²) < 4.78 is 5.34. The molecule has 0 bridgehead atoms. The number of aromatic nitrogens is 1. The number of amides is 1. The van der Waals surface area contributed by atoms with Gasteiger partial charge in [-0.1, -0.05) is 6.92 Å². The van der Waals surface area contributed by atoms with Gasteiger partial charge in [-0.2, -0.15) is 0 Å². The highest BCUT2D eigenvalue weighted by molar-refractivity contribution is 5.93.